The Morgan fingerprint density at radius 2 is 2.06 bits per heavy atom. The highest BCUT2D eigenvalue weighted by molar-refractivity contribution is 5.73. The van der Waals surface area contributed by atoms with Crippen molar-refractivity contribution in [2.75, 3.05) is 5.73 Å². The summed E-state index contributed by atoms with van der Waals surface area (Å²) in [4.78, 5) is 7.49. The van der Waals surface area contributed by atoms with Gasteiger partial charge < -0.3 is 10.7 Å². The molecule has 0 aliphatic rings. The fraction of sp³-hybridized carbons (Fsp3) is 0.0714. The Bertz CT molecular complexity index is 550. The minimum absolute atomic E-state index is 0.750. The number of hydrogen-bond acceptors (Lipinski definition) is 2. The van der Waals surface area contributed by atoms with Crippen LogP contribution in [0.1, 0.15) is 12.7 Å². The first-order chi connectivity index (χ1) is 8.31. The minimum Gasteiger partial charge on any atom is -0.398 e. The molecule has 0 aliphatic heterocycles. The highest BCUT2D eigenvalue weighted by Crippen LogP contribution is 2.23. The Kier molecular flexibility index (Phi) is 3.40. The van der Waals surface area contributed by atoms with Crippen LogP contribution in [0.2, 0.25) is 0 Å². The van der Waals surface area contributed by atoms with E-state index in [0.29, 0.717) is 0 Å². The molecule has 1 aromatic heterocycles. The van der Waals surface area contributed by atoms with Crippen molar-refractivity contribution in [3.8, 4) is 11.3 Å². The molecule has 0 bridgehead atoms. The molecule has 86 valence electrons. The fourth-order valence-electron chi connectivity index (χ4n) is 1.56. The number of aromatic amines is 1. The Hall–Kier alpha value is -2.29. The van der Waals surface area contributed by atoms with Crippen molar-refractivity contribution in [2.24, 2.45) is 0 Å². The van der Waals surface area contributed by atoms with E-state index in [0.717, 1.165) is 22.8 Å². The van der Waals surface area contributed by atoms with Crippen molar-refractivity contribution in [3.63, 3.8) is 0 Å². The van der Waals surface area contributed by atoms with Gasteiger partial charge in [0.25, 0.3) is 0 Å². The Morgan fingerprint density at radius 3 is 2.82 bits per heavy atom. The first-order valence-electron chi connectivity index (χ1n) is 5.50. The van der Waals surface area contributed by atoms with Crippen LogP contribution in [0.3, 0.4) is 0 Å². The van der Waals surface area contributed by atoms with Gasteiger partial charge in [-0.05, 0) is 19.1 Å². The number of nitrogens with two attached hydrogens (primary N) is 1. The highest BCUT2D eigenvalue weighted by atomic mass is 14.9. The zero-order valence-corrected chi connectivity index (χ0v) is 9.72. The number of benzene rings is 1. The molecule has 0 aliphatic carbocycles. The van der Waals surface area contributed by atoms with Gasteiger partial charge >= 0.3 is 0 Å². The third kappa shape index (κ3) is 2.64. The van der Waals surface area contributed by atoms with E-state index < -0.39 is 0 Å². The van der Waals surface area contributed by atoms with Crippen LogP contribution < -0.4 is 5.73 Å². The number of allylic oxidation sites excluding steroid dienone is 3. The third-order valence-electron chi connectivity index (χ3n) is 2.40. The number of anilines is 1. The van der Waals surface area contributed by atoms with Crippen molar-refractivity contribution >= 4 is 11.8 Å². The predicted molar refractivity (Wildman–Crippen MR) is 72.3 cm³/mol. The molecule has 0 atom stereocenters. The Balaban J connectivity index is 2.27. The number of imidazole rings is 1. The maximum atomic E-state index is 5.91. The number of para-hydroxylation sites is 1. The zero-order chi connectivity index (χ0) is 12.1. The smallest absolute Gasteiger partial charge is 0.130 e. The molecule has 1 heterocycles. The number of hydrogen-bond donors (Lipinski definition) is 2. The van der Waals surface area contributed by atoms with E-state index in [1.165, 1.54) is 0 Å². The van der Waals surface area contributed by atoms with Gasteiger partial charge in [0.15, 0.2) is 0 Å². The molecule has 1 aromatic carbocycles. The number of aromatic nitrogens is 2. The average molecular weight is 225 g/mol. The SMILES string of the molecule is C/C=C\C=C/c1ncc(-c2ccccc2N)[nH]1. The molecule has 3 N–H and O–H groups in total. The highest BCUT2D eigenvalue weighted by Gasteiger charge is 2.03. The lowest BCUT2D eigenvalue weighted by Crippen LogP contribution is -1.88. The van der Waals surface area contributed by atoms with Crippen LogP contribution in [0.4, 0.5) is 5.69 Å². The van der Waals surface area contributed by atoms with Crippen molar-refractivity contribution in [1.82, 2.24) is 9.97 Å². The van der Waals surface area contributed by atoms with Crippen LogP contribution in [0.15, 0.2) is 48.7 Å². The first kappa shape index (κ1) is 11.2. The molecule has 0 radical (unpaired) electrons. The molecule has 2 rings (SSSR count). The van der Waals surface area contributed by atoms with Gasteiger partial charge in [-0.3, -0.25) is 0 Å². The summed E-state index contributed by atoms with van der Waals surface area (Å²) in [5, 5.41) is 0. The summed E-state index contributed by atoms with van der Waals surface area (Å²) in [6.07, 6.45) is 9.58. The second-order valence-electron chi connectivity index (χ2n) is 3.65. The minimum atomic E-state index is 0.750. The van der Waals surface area contributed by atoms with Crippen LogP contribution >= 0.6 is 0 Å². The maximum Gasteiger partial charge on any atom is 0.130 e. The van der Waals surface area contributed by atoms with Gasteiger partial charge in [-0.15, -0.1) is 0 Å². The van der Waals surface area contributed by atoms with Gasteiger partial charge in [0, 0.05) is 11.3 Å². The standard InChI is InChI=1S/C14H15N3/c1-2-3-4-9-14-16-10-13(17-14)11-7-5-6-8-12(11)15/h2-10H,15H2,1H3,(H,16,17)/b3-2-,9-4-. The number of H-pyrrole nitrogens is 1. The molecule has 0 unspecified atom stereocenters. The lowest BCUT2D eigenvalue weighted by Gasteiger charge is -2.00. The average Bonchev–Trinajstić information content (AvgIpc) is 2.79. The van der Waals surface area contributed by atoms with Crippen molar-refractivity contribution in [1.29, 1.82) is 0 Å². The van der Waals surface area contributed by atoms with E-state index in [4.69, 9.17) is 5.73 Å². The molecule has 3 nitrogen and oxygen atoms in total. The van der Waals surface area contributed by atoms with E-state index in [1.54, 1.807) is 6.20 Å². The predicted octanol–water partition coefficient (Wildman–Crippen LogP) is 3.25. The molecule has 0 spiro atoms. The Morgan fingerprint density at radius 1 is 1.24 bits per heavy atom. The van der Waals surface area contributed by atoms with Gasteiger partial charge in [0.05, 0.1) is 11.9 Å². The lowest BCUT2D eigenvalue weighted by molar-refractivity contribution is 1.27. The number of rotatable bonds is 3. The summed E-state index contributed by atoms with van der Waals surface area (Å²) in [5.41, 5.74) is 8.57. The van der Waals surface area contributed by atoms with Crippen LogP contribution in [-0.4, -0.2) is 9.97 Å². The third-order valence-corrected chi connectivity index (χ3v) is 2.40. The topological polar surface area (TPSA) is 54.7 Å². The van der Waals surface area contributed by atoms with Gasteiger partial charge in [-0.1, -0.05) is 36.4 Å². The molecule has 2 aromatic rings. The monoisotopic (exact) mass is 225 g/mol. The van der Waals surface area contributed by atoms with Crippen LogP contribution in [-0.2, 0) is 0 Å². The van der Waals surface area contributed by atoms with E-state index in [-0.39, 0.29) is 0 Å². The number of nitrogens with one attached hydrogen (secondary N) is 1. The number of nitrogens with zero attached hydrogens (tertiary/aromatic N) is 1. The van der Waals surface area contributed by atoms with Crippen LogP contribution in [0.5, 0.6) is 0 Å². The summed E-state index contributed by atoms with van der Waals surface area (Å²) in [6.45, 7) is 1.97. The summed E-state index contributed by atoms with van der Waals surface area (Å²) >= 11 is 0. The van der Waals surface area contributed by atoms with E-state index in [1.807, 2.05) is 55.5 Å². The van der Waals surface area contributed by atoms with Crippen molar-refractivity contribution in [3.05, 3.63) is 54.5 Å². The second-order valence-corrected chi connectivity index (χ2v) is 3.65. The lowest BCUT2D eigenvalue weighted by atomic mass is 10.1. The van der Waals surface area contributed by atoms with E-state index in [2.05, 4.69) is 9.97 Å². The molecular weight excluding hydrogens is 210 g/mol. The molecule has 0 amide bonds. The quantitative estimate of drug-likeness (QED) is 0.622. The Labute approximate surface area is 101 Å². The van der Waals surface area contributed by atoms with Crippen LogP contribution in [0, 0.1) is 0 Å². The van der Waals surface area contributed by atoms with Crippen LogP contribution in [0.25, 0.3) is 17.3 Å². The second kappa shape index (κ2) is 5.16. The summed E-state index contributed by atoms with van der Waals surface area (Å²) in [7, 11) is 0. The molecule has 0 saturated carbocycles. The van der Waals surface area contributed by atoms with E-state index >= 15 is 0 Å². The normalized spacial score (nSPS) is 11.6. The first-order valence-corrected chi connectivity index (χ1v) is 5.50. The number of nitrogen functional groups attached to an aromatic ring is 1. The van der Waals surface area contributed by atoms with Gasteiger partial charge in [0.2, 0.25) is 0 Å². The van der Waals surface area contributed by atoms with Crippen molar-refractivity contribution in [2.45, 2.75) is 6.92 Å². The van der Waals surface area contributed by atoms with Gasteiger partial charge in [-0.25, -0.2) is 4.98 Å². The largest absolute Gasteiger partial charge is 0.398 e. The maximum absolute atomic E-state index is 5.91. The van der Waals surface area contributed by atoms with Gasteiger partial charge in [0.1, 0.15) is 5.82 Å². The molecular formula is C14H15N3. The fourth-order valence-corrected chi connectivity index (χ4v) is 1.56. The molecule has 0 saturated heterocycles. The molecule has 0 fully saturated rings. The van der Waals surface area contributed by atoms with E-state index in [9.17, 15) is 0 Å². The molecule has 17 heavy (non-hydrogen) atoms. The molecule has 3 heteroatoms. The summed E-state index contributed by atoms with van der Waals surface area (Å²) in [6, 6.07) is 7.73. The van der Waals surface area contributed by atoms with Gasteiger partial charge in [-0.2, -0.15) is 0 Å². The summed E-state index contributed by atoms with van der Waals surface area (Å²) in [5.74, 6) is 0.821. The van der Waals surface area contributed by atoms with Crippen molar-refractivity contribution < 1.29 is 0 Å². The summed E-state index contributed by atoms with van der Waals surface area (Å²) < 4.78 is 0. The zero-order valence-electron chi connectivity index (χ0n) is 9.72.